The average molecular weight is 830 g/mol. The Kier molecular flexibility index (Phi) is 10.9. The number of aliphatic hydroxyl groups is 6. The molecule has 60 heavy (non-hydrogen) atoms. The van der Waals surface area contributed by atoms with Crippen LogP contribution < -0.4 is 16.4 Å². The van der Waals surface area contributed by atoms with E-state index in [1.165, 1.54) is 12.8 Å². The first-order chi connectivity index (χ1) is 28.5. The number of allylic oxidation sites excluding steroid dienone is 5. The molecule has 2 aliphatic heterocycles. The lowest BCUT2D eigenvalue weighted by atomic mass is 9.36. The number of carbonyl (C=O) groups is 1. The molecule has 8 aliphatic carbocycles. The number of carbonyl (C=O) groups excluding carboxylic acids is 1. The summed E-state index contributed by atoms with van der Waals surface area (Å²) in [5, 5.41) is 80.2. The Labute approximate surface area is 356 Å². The van der Waals surface area contributed by atoms with Gasteiger partial charge in [0, 0.05) is 36.9 Å². The normalized spacial score (nSPS) is 48.6. The van der Waals surface area contributed by atoms with Gasteiger partial charge >= 0.3 is 0 Å². The van der Waals surface area contributed by atoms with E-state index in [4.69, 9.17) is 10.5 Å². The van der Waals surface area contributed by atoms with Gasteiger partial charge in [-0.3, -0.25) is 4.79 Å². The molecule has 3 spiro atoms. The first-order valence-electron chi connectivity index (χ1n) is 23.4. The van der Waals surface area contributed by atoms with Gasteiger partial charge in [-0.15, -0.1) is 11.8 Å². The molecule has 10 aliphatic rings. The molecule has 10 N–H and O–H groups in total. The molecule has 330 valence electrons. The van der Waals surface area contributed by atoms with E-state index < -0.39 is 69.8 Å². The lowest BCUT2D eigenvalue weighted by Crippen LogP contribution is -2.71. The van der Waals surface area contributed by atoms with Gasteiger partial charge in [0.15, 0.2) is 5.78 Å². The first kappa shape index (κ1) is 42.8. The zero-order valence-corrected chi connectivity index (χ0v) is 36.2. The van der Waals surface area contributed by atoms with Crippen molar-refractivity contribution in [3.63, 3.8) is 0 Å². The lowest BCUT2D eigenvalue weighted by molar-refractivity contribution is -0.216. The van der Waals surface area contributed by atoms with Crippen LogP contribution in [0.1, 0.15) is 118 Å². The molecular weight excluding hydrogens is 759 g/mol. The van der Waals surface area contributed by atoms with Gasteiger partial charge in [-0.05, 0) is 130 Å². The minimum absolute atomic E-state index is 0.0245. The number of dihydropyridines is 1. The number of ketones is 1. The van der Waals surface area contributed by atoms with Crippen molar-refractivity contribution in [2.24, 2.45) is 63.4 Å². The largest absolute Gasteiger partial charge is 0.392 e. The van der Waals surface area contributed by atoms with Crippen molar-refractivity contribution in [3.8, 4) is 11.8 Å². The van der Waals surface area contributed by atoms with Crippen LogP contribution in [0.25, 0.3) is 0 Å². The van der Waals surface area contributed by atoms with Crippen LogP contribution in [0.15, 0.2) is 47.3 Å². The number of Topliss-reactive ketones (excluding diaryl/α,β-unsaturated/α-hetero) is 1. The van der Waals surface area contributed by atoms with Crippen LogP contribution >= 0.6 is 0 Å². The van der Waals surface area contributed by atoms with E-state index in [0.29, 0.717) is 36.7 Å². The van der Waals surface area contributed by atoms with Crippen LogP contribution in [0, 0.1) is 69.5 Å². The standard InChI is InChI=1S/C49H71N3O8/c1-5-8-29-9-14-33-28(3)42(60-36(33)15-10-29)44(57)45(4,58)37-17-20-49(59)40-39-31-12-11-30(32-13-16-38(50)51-26-32)21-48(39)24-35(55)34(54)23-47(48,19-7-6-18-46(37,49)22-31)43(56)41(40)52-25-27(2)53/h11-13,16,26-31,33-39,42,44,51-55,57-59H,5,8-10,14-15,17-25,50H2,1-4H3/t27-,28-,29-,30-,31-,33-,34+,35-,36+,37+,38?,39-,42+,44+,45+,46+,47-,48+,49+/m0/s1. The molecule has 4 saturated carbocycles. The Morgan fingerprint density at radius 2 is 1.77 bits per heavy atom. The first-order valence-corrected chi connectivity index (χ1v) is 23.4. The van der Waals surface area contributed by atoms with Crippen LogP contribution in [0.2, 0.25) is 0 Å². The van der Waals surface area contributed by atoms with Crippen molar-refractivity contribution >= 4 is 5.78 Å². The predicted molar refractivity (Wildman–Crippen MR) is 227 cm³/mol. The molecule has 10 rings (SSSR count). The SMILES string of the molecule is CCC[C@H]1CC[C@H]2[C@H](C)[C@H]([C@@H](O)[C@](C)(O)[C@H]3CC[C@@]4(O)C5=C(NC[C@H](C)O)C(=O)[C@@]67CC#CC[C@@]34C[C@@H]3C=C[C@H](C4=CNC(N)C=C4)C[C@@]6(C[C@H](O)[C@H](O)C7)[C@H]53)O[C@@H]2CC1. The Morgan fingerprint density at radius 1 is 1.02 bits per heavy atom. The summed E-state index contributed by atoms with van der Waals surface area (Å²) in [4.78, 5) is 15.8. The molecular formula is C49H71N3O8. The summed E-state index contributed by atoms with van der Waals surface area (Å²) in [5.74, 6) is 6.27. The lowest BCUT2D eigenvalue weighted by Gasteiger charge is -2.68. The van der Waals surface area contributed by atoms with Crippen molar-refractivity contribution in [1.29, 1.82) is 0 Å². The molecule has 2 heterocycles. The van der Waals surface area contributed by atoms with Gasteiger partial charge in [0.25, 0.3) is 0 Å². The number of nitrogens with one attached hydrogen (secondary N) is 2. The topological polar surface area (TPSA) is 198 Å². The van der Waals surface area contributed by atoms with Crippen LogP contribution in [-0.4, -0.2) is 97.0 Å². The van der Waals surface area contributed by atoms with E-state index in [0.717, 1.165) is 31.3 Å². The molecule has 6 bridgehead atoms. The molecule has 0 aromatic heterocycles. The quantitative estimate of drug-likeness (QED) is 0.121. The Balaban J connectivity index is 1.18. The number of fused-ring (bicyclic) bond motifs is 4. The maximum Gasteiger partial charge on any atom is 0.186 e. The maximum atomic E-state index is 15.8. The Bertz CT molecular complexity index is 1900. The summed E-state index contributed by atoms with van der Waals surface area (Å²) < 4.78 is 6.81. The second-order valence-electron chi connectivity index (χ2n) is 21.3. The van der Waals surface area contributed by atoms with E-state index in [9.17, 15) is 30.6 Å². The van der Waals surface area contributed by atoms with Crippen LogP contribution in [0.3, 0.4) is 0 Å². The average Bonchev–Trinajstić information content (AvgIpc) is 3.53. The highest BCUT2D eigenvalue weighted by atomic mass is 16.5. The third-order valence-electron chi connectivity index (χ3n) is 18.2. The molecule has 0 radical (unpaired) electrons. The van der Waals surface area contributed by atoms with E-state index in [-0.39, 0.29) is 80.2 Å². The van der Waals surface area contributed by atoms with Crippen molar-refractivity contribution in [2.45, 2.75) is 172 Å². The summed E-state index contributed by atoms with van der Waals surface area (Å²) in [7, 11) is 0. The molecule has 11 nitrogen and oxygen atoms in total. The molecule has 0 aromatic rings. The fourth-order valence-corrected chi connectivity index (χ4v) is 15.4. The molecule has 11 heteroatoms. The van der Waals surface area contributed by atoms with Gasteiger partial charge in [-0.2, -0.15) is 0 Å². The number of aliphatic hydroxyl groups excluding tert-OH is 4. The zero-order chi connectivity index (χ0) is 42.6. The Hall–Kier alpha value is -2.53. The van der Waals surface area contributed by atoms with Gasteiger partial charge in [-0.1, -0.05) is 51.3 Å². The van der Waals surface area contributed by atoms with E-state index >= 15 is 4.79 Å². The van der Waals surface area contributed by atoms with Crippen molar-refractivity contribution in [3.05, 3.63) is 47.3 Å². The Morgan fingerprint density at radius 3 is 2.50 bits per heavy atom. The van der Waals surface area contributed by atoms with Crippen molar-refractivity contribution in [2.75, 3.05) is 6.54 Å². The maximum absolute atomic E-state index is 15.8. The predicted octanol–water partition coefficient (Wildman–Crippen LogP) is 3.87. The second-order valence-corrected chi connectivity index (χ2v) is 21.3. The molecule has 0 aromatic carbocycles. The van der Waals surface area contributed by atoms with E-state index in [1.54, 1.807) is 13.8 Å². The molecule has 19 atom stereocenters. The van der Waals surface area contributed by atoms with Crippen molar-refractivity contribution in [1.82, 2.24) is 10.6 Å². The number of hydrogen-bond donors (Lipinski definition) is 9. The zero-order valence-electron chi connectivity index (χ0n) is 36.2. The summed E-state index contributed by atoms with van der Waals surface area (Å²) in [6.45, 7) is 7.89. The van der Waals surface area contributed by atoms with E-state index in [1.807, 2.05) is 18.4 Å². The van der Waals surface area contributed by atoms with Gasteiger partial charge < -0.3 is 51.7 Å². The minimum atomic E-state index is -1.69. The minimum Gasteiger partial charge on any atom is -0.392 e. The molecule has 1 unspecified atom stereocenters. The smallest absolute Gasteiger partial charge is 0.186 e. The summed E-state index contributed by atoms with van der Waals surface area (Å²) in [6.07, 6.45) is 14.0. The highest BCUT2D eigenvalue weighted by Gasteiger charge is 2.77. The van der Waals surface area contributed by atoms with Gasteiger partial charge in [0.05, 0.1) is 59.0 Å². The third-order valence-corrected chi connectivity index (χ3v) is 18.2. The monoisotopic (exact) mass is 830 g/mol. The number of hydrogen-bond acceptors (Lipinski definition) is 11. The van der Waals surface area contributed by atoms with Gasteiger partial charge in [0.2, 0.25) is 0 Å². The summed E-state index contributed by atoms with van der Waals surface area (Å²) in [5.41, 5.74) is 1.54. The van der Waals surface area contributed by atoms with Crippen LogP contribution in [-0.2, 0) is 9.53 Å². The van der Waals surface area contributed by atoms with E-state index in [2.05, 4.69) is 48.5 Å². The van der Waals surface area contributed by atoms with Crippen molar-refractivity contribution < 1.29 is 40.2 Å². The van der Waals surface area contributed by atoms with Gasteiger partial charge in [-0.25, -0.2) is 0 Å². The van der Waals surface area contributed by atoms with Crippen LogP contribution in [0.4, 0.5) is 0 Å². The molecule has 1 saturated heterocycles. The van der Waals surface area contributed by atoms with Gasteiger partial charge in [0.1, 0.15) is 6.10 Å². The fourth-order valence-electron chi connectivity index (χ4n) is 15.4. The highest BCUT2D eigenvalue weighted by Crippen LogP contribution is 2.76. The summed E-state index contributed by atoms with van der Waals surface area (Å²) >= 11 is 0. The number of nitrogens with two attached hydrogens (primary N) is 1. The number of rotatable bonds is 9. The summed E-state index contributed by atoms with van der Waals surface area (Å²) in [6, 6.07) is 0. The number of ether oxygens (including phenoxy) is 1. The highest BCUT2D eigenvalue weighted by molar-refractivity contribution is 6.03. The third kappa shape index (κ3) is 6.16. The van der Waals surface area contributed by atoms with Crippen LogP contribution in [0.5, 0.6) is 0 Å². The fraction of sp³-hybridized carbons (Fsp3) is 0.776. The molecule has 0 amide bonds. The molecule has 5 fully saturated rings. The second kappa shape index (κ2) is 15.3.